The van der Waals surface area contributed by atoms with E-state index in [-0.39, 0.29) is 24.2 Å². The molecule has 3 aromatic heterocycles. The first kappa shape index (κ1) is 26.8. The fourth-order valence-electron chi connectivity index (χ4n) is 5.41. The van der Waals surface area contributed by atoms with Crippen LogP contribution in [0.15, 0.2) is 60.9 Å². The van der Waals surface area contributed by atoms with E-state index in [0.29, 0.717) is 36.8 Å². The van der Waals surface area contributed by atoms with Gasteiger partial charge in [-0.15, -0.1) is 0 Å². The molecule has 1 fully saturated rings. The zero-order valence-electron chi connectivity index (χ0n) is 22.7. The summed E-state index contributed by atoms with van der Waals surface area (Å²) in [5, 5.41) is 24.2. The first-order chi connectivity index (χ1) is 19.6. The number of alkyl halides is 1. The van der Waals surface area contributed by atoms with Crippen LogP contribution in [0.4, 0.5) is 15.9 Å². The highest BCUT2D eigenvalue weighted by Gasteiger charge is 2.40. The van der Waals surface area contributed by atoms with Crippen LogP contribution in [0.3, 0.4) is 0 Å². The smallest absolute Gasteiger partial charge is 0.250 e. The topological polar surface area (TPSA) is 133 Å². The lowest BCUT2D eigenvalue weighted by molar-refractivity contribution is -0.0741. The summed E-state index contributed by atoms with van der Waals surface area (Å²) in [6, 6.07) is 17.3. The van der Waals surface area contributed by atoms with Crippen molar-refractivity contribution < 1.29 is 19.0 Å². The molecule has 1 aromatic carbocycles. The number of carbonyl (C=O) groups excluding carboxylic acids is 1. The third-order valence-electron chi connectivity index (χ3n) is 7.86. The number of pyridine rings is 1. The summed E-state index contributed by atoms with van der Waals surface area (Å²) in [4.78, 5) is 20.1. The molecule has 1 saturated heterocycles. The fourth-order valence-corrected chi connectivity index (χ4v) is 5.41. The number of nitrogens with two attached hydrogens (primary N) is 1. The van der Waals surface area contributed by atoms with Gasteiger partial charge < -0.3 is 20.5 Å². The number of hydrogen-bond acceptors (Lipinski definition) is 8. The van der Waals surface area contributed by atoms with E-state index >= 15 is 4.39 Å². The summed E-state index contributed by atoms with van der Waals surface area (Å²) in [6.45, 7) is 4.62. The van der Waals surface area contributed by atoms with E-state index in [9.17, 15) is 15.2 Å². The van der Waals surface area contributed by atoms with Gasteiger partial charge in [0.25, 0.3) is 0 Å². The Hall–Kier alpha value is -4.37. The van der Waals surface area contributed by atoms with Gasteiger partial charge in [-0.3, -0.25) is 9.69 Å². The molecule has 2 aliphatic rings. The van der Waals surface area contributed by atoms with Crippen LogP contribution in [0.25, 0.3) is 5.52 Å². The number of aliphatic hydroxyl groups is 1. The number of halogens is 1. The molecular formula is C30H30FN7O3. The van der Waals surface area contributed by atoms with Crippen molar-refractivity contribution in [3.63, 3.8) is 0 Å². The maximum absolute atomic E-state index is 15.2. The number of aromatic nitrogens is 3. The van der Waals surface area contributed by atoms with Gasteiger partial charge in [0, 0.05) is 18.4 Å². The molecule has 0 bridgehead atoms. The number of nitrogens with zero attached hydrogens (tertiary/aromatic N) is 6. The Bertz CT molecular complexity index is 1650. The average Bonchev–Trinajstić information content (AvgIpc) is 3.50. The normalized spacial score (nSPS) is 18.1. The minimum Gasteiger partial charge on any atom is -0.387 e. The first-order valence-electron chi connectivity index (χ1n) is 13.4. The molecule has 11 heteroatoms. The zero-order chi connectivity index (χ0) is 28.9. The summed E-state index contributed by atoms with van der Waals surface area (Å²) < 4.78 is 22.6. The van der Waals surface area contributed by atoms with Crippen molar-refractivity contribution in [3.8, 4) is 6.07 Å². The van der Waals surface area contributed by atoms with Gasteiger partial charge in [-0.2, -0.15) is 10.4 Å². The molecular weight excluding hydrogens is 525 g/mol. The van der Waals surface area contributed by atoms with E-state index < -0.39 is 17.7 Å². The summed E-state index contributed by atoms with van der Waals surface area (Å²) in [5.41, 5.74) is 9.26. The van der Waals surface area contributed by atoms with E-state index in [1.165, 1.54) is 20.0 Å². The zero-order valence-corrected chi connectivity index (χ0v) is 22.7. The maximum Gasteiger partial charge on any atom is 0.250 e. The second-order valence-corrected chi connectivity index (χ2v) is 11.1. The monoisotopic (exact) mass is 555 g/mol. The van der Waals surface area contributed by atoms with Gasteiger partial charge in [0.2, 0.25) is 5.91 Å². The number of fused-ring (bicyclic) bond motifs is 2. The van der Waals surface area contributed by atoms with Gasteiger partial charge in [0.1, 0.15) is 18.1 Å². The van der Waals surface area contributed by atoms with Crippen LogP contribution in [0.1, 0.15) is 52.6 Å². The minimum atomic E-state index is -1.58. The summed E-state index contributed by atoms with van der Waals surface area (Å²) >= 11 is 0. The Kier molecular flexibility index (Phi) is 6.69. The second-order valence-electron chi connectivity index (χ2n) is 11.1. The summed E-state index contributed by atoms with van der Waals surface area (Å²) in [7, 11) is 0. The first-order valence-corrected chi connectivity index (χ1v) is 13.4. The van der Waals surface area contributed by atoms with E-state index in [0.717, 1.165) is 22.3 Å². The molecule has 41 heavy (non-hydrogen) atoms. The van der Waals surface area contributed by atoms with Crippen molar-refractivity contribution >= 4 is 22.9 Å². The molecule has 0 aliphatic carbocycles. The van der Waals surface area contributed by atoms with Gasteiger partial charge in [0.15, 0.2) is 0 Å². The van der Waals surface area contributed by atoms with Crippen molar-refractivity contribution in [1.29, 1.82) is 5.26 Å². The van der Waals surface area contributed by atoms with E-state index in [2.05, 4.69) is 21.1 Å². The third-order valence-corrected chi connectivity index (χ3v) is 7.86. The van der Waals surface area contributed by atoms with Gasteiger partial charge in [0.05, 0.1) is 66.0 Å². The number of ether oxygens (including phenoxy) is 1. The van der Waals surface area contributed by atoms with Gasteiger partial charge in [-0.1, -0.05) is 6.07 Å². The number of amides is 1. The standard InChI is InChI=1S/C30H30FN7O3/c1-30(2,40)26(31)15-36(27-8-3-19(13-34-27)29(33)39)21-4-6-24-20(10-21)14-37(23-16-41-17-23)28(24)25-7-5-22-9-18(11-32)12-35-38(22)25/h3-10,12-13,23,26,28,40H,14-17H2,1-2H3,(H2,33,39)/t26-,28-/m1/s1. The molecule has 1 amide bonds. The van der Waals surface area contributed by atoms with Gasteiger partial charge in [-0.25, -0.2) is 13.9 Å². The molecule has 0 spiro atoms. The van der Waals surface area contributed by atoms with Crippen LogP contribution in [0, 0.1) is 11.3 Å². The Morgan fingerprint density at radius 3 is 2.68 bits per heavy atom. The number of anilines is 2. The van der Waals surface area contributed by atoms with Gasteiger partial charge in [-0.05, 0) is 67.4 Å². The Morgan fingerprint density at radius 1 is 1.24 bits per heavy atom. The number of carbonyl (C=O) groups is 1. The summed E-state index contributed by atoms with van der Waals surface area (Å²) in [6.07, 6.45) is 1.35. The van der Waals surface area contributed by atoms with Crippen molar-refractivity contribution in [2.75, 3.05) is 24.7 Å². The summed E-state index contributed by atoms with van der Waals surface area (Å²) in [5.74, 6) is -0.175. The number of benzene rings is 1. The lowest BCUT2D eigenvalue weighted by Crippen LogP contribution is -2.48. The molecule has 5 heterocycles. The van der Waals surface area contributed by atoms with Crippen molar-refractivity contribution in [2.24, 2.45) is 5.73 Å². The lowest BCUT2D eigenvalue weighted by atomic mass is 9.99. The Labute approximate surface area is 236 Å². The molecule has 0 radical (unpaired) electrons. The number of rotatable bonds is 8. The molecule has 6 rings (SSSR count). The molecule has 10 nitrogen and oxygen atoms in total. The second kappa shape index (κ2) is 10.2. The molecule has 0 saturated carbocycles. The molecule has 2 aliphatic heterocycles. The molecule has 2 atom stereocenters. The van der Waals surface area contributed by atoms with E-state index in [1.807, 2.05) is 40.9 Å². The predicted octanol–water partition coefficient (Wildman–Crippen LogP) is 3.25. The highest BCUT2D eigenvalue weighted by atomic mass is 19.1. The quantitative estimate of drug-likeness (QED) is 0.339. The fraction of sp³-hybridized carbons (Fsp3) is 0.333. The minimum absolute atomic E-state index is 0.0948. The SMILES string of the molecule is CC(C)(O)[C@H](F)CN(c1ccc2c(c1)CN(C1COC1)[C@H]2c1ccc2cc(C#N)cnn12)c1ccc(C(N)=O)cn1. The maximum atomic E-state index is 15.2. The highest BCUT2D eigenvalue weighted by molar-refractivity contribution is 5.92. The largest absolute Gasteiger partial charge is 0.387 e. The van der Waals surface area contributed by atoms with Crippen LogP contribution >= 0.6 is 0 Å². The molecule has 3 N–H and O–H groups in total. The number of hydrogen-bond donors (Lipinski definition) is 2. The van der Waals surface area contributed by atoms with Crippen molar-refractivity contribution in [2.45, 2.75) is 44.2 Å². The molecule has 210 valence electrons. The Morgan fingerprint density at radius 2 is 2.05 bits per heavy atom. The average molecular weight is 556 g/mol. The van der Waals surface area contributed by atoms with E-state index in [4.69, 9.17) is 10.5 Å². The van der Waals surface area contributed by atoms with Crippen molar-refractivity contribution in [1.82, 2.24) is 19.5 Å². The van der Waals surface area contributed by atoms with Crippen molar-refractivity contribution in [3.05, 3.63) is 88.9 Å². The van der Waals surface area contributed by atoms with E-state index in [1.54, 1.807) is 23.2 Å². The number of primary amides is 1. The highest BCUT2D eigenvalue weighted by Crippen LogP contribution is 2.43. The predicted molar refractivity (Wildman–Crippen MR) is 149 cm³/mol. The number of nitriles is 1. The van der Waals surface area contributed by atoms with Crippen LogP contribution in [0.5, 0.6) is 0 Å². The van der Waals surface area contributed by atoms with Crippen LogP contribution in [0.2, 0.25) is 0 Å². The third kappa shape index (κ3) is 4.91. The molecule has 4 aromatic rings. The lowest BCUT2D eigenvalue weighted by Gasteiger charge is -2.38. The van der Waals surface area contributed by atoms with Crippen LogP contribution in [-0.4, -0.2) is 68.1 Å². The molecule has 0 unspecified atom stereocenters. The Balaban J connectivity index is 1.41. The van der Waals surface area contributed by atoms with Gasteiger partial charge >= 0.3 is 0 Å². The van der Waals surface area contributed by atoms with Crippen LogP contribution in [-0.2, 0) is 11.3 Å². The van der Waals surface area contributed by atoms with Crippen LogP contribution < -0.4 is 10.6 Å².